The van der Waals surface area contributed by atoms with Crippen LogP contribution in [-0.2, 0) is 9.59 Å². The maximum atomic E-state index is 11.7. The molecule has 1 aromatic carbocycles. The van der Waals surface area contributed by atoms with Gasteiger partial charge in [-0.1, -0.05) is 18.3 Å². The number of imide groups is 1. The maximum absolute atomic E-state index is 11.7. The number of nitrogens with two attached hydrogens (primary N) is 1. The normalized spacial score (nSPS) is 19.3. The monoisotopic (exact) mass is 277 g/mol. The van der Waals surface area contributed by atoms with Crippen LogP contribution >= 0.6 is 12.2 Å². The molecule has 2 rings (SSSR count). The van der Waals surface area contributed by atoms with Crippen molar-refractivity contribution in [2.45, 2.75) is 19.9 Å². The minimum absolute atomic E-state index is 0.117. The topological polar surface area (TPSA) is 75.4 Å². The SMILES string of the molecule is Cc1ccc(C(N)=S)c(N2CC(=O)NC(=O)C2C)c1. The van der Waals surface area contributed by atoms with E-state index in [0.29, 0.717) is 5.56 Å². The second kappa shape index (κ2) is 4.97. The van der Waals surface area contributed by atoms with Crippen molar-refractivity contribution in [2.75, 3.05) is 11.4 Å². The lowest BCUT2D eigenvalue weighted by Crippen LogP contribution is -2.57. The average Bonchev–Trinajstić information content (AvgIpc) is 2.33. The molecule has 0 aromatic heterocycles. The van der Waals surface area contributed by atoms with E-state index in [4.69, 9.17) is 18.0 Å². The maximum Gasteiger partial charge on any atom is 0.249 e. The molecule has 1 atom stereocenters. The standard InChI is InChI=1S/C13H15N3O2S/c1-7-3-4-9(12(14)19)10(5-7)16-6-11(17)15-13(18)8(16)2/h3-5,8H,6H2,1-2H3,(H2,14,19)(H,15,17,18). The lowest BCUT2D eigenvalue weighted by molar-refractivity contribution is -0.132. The van der Waals surface area contributed by atoms with Gasteiger partial charge in [-0.3, -0.25) is 14.9 Å². The van der Waals surface area contributed by atoms with Crippen LogP contribution in [0.15, 0.2) is 18.2 Å². The molecule has 1 fully saturated rings. The second-order valence-electron chi connectivity index (χ2n) is 4.60. The molecule has 1 saturated heterocycles. The number of benzene rings is 1. The zero-order chi connectivity index (χ0) is 14.2. The Hall–Kier alpha value is -1.95. The van der Waals surface area contributed by atoms with Gasteiger partial charge in [-0.25, -0.2) is 0 Å². The molecule has 0 aliphatic carbocycles. The van der Waals surface area contributed by atoms with E-state index in [0.717, 1.165) is 11.3 Å². The Kier molecular flexibility index (Phi) is 3.53. The molecule has 1 aliphatic heterocycles. The molecule has 3 N–H and O–H groups in total. The number of nitrogens with zero attached hydrogens (tertiary/aromatic N) is 1. The van der Waals surface area contributed by atoms with Gasteiger partial charge in [0.1, 0.15) is 11.0 Å². The molecule has 2 amide bonds. The molecule has 5 nitrogen and oxygen atoms in total. The van der Waals surface area contributed by atoms with Crippen LogP contribution in [0, 0.1) is 6.92 Å². The van der Waals surface area contributed by atoms with Crippen molar-refractivity contribution in [3.05, 3.63) is 29.3 Å². The minimum atomic E-state index is -0.437. The molecule has 1 aromatic rings. The average molecular weight is 277 g/mol. The summed E-state index contributed by atoms with van der Waals surface area (Å²) in [5, 5.41) is 2.31. The van der Waals surface area contributed by atoms with E-state index in [9.17, 15) is 9.59 Å². The quantitative estimate of drug-likeness (QED) is 0.607. The third-order valence-electron chi connectivity index (χ3n) is 3.15. The number of rotatable bonds is 2. The Morgan fingerprint density at radius 1 is 1.47 bits per heavy atom. The van der Waals surface area contributed by atoms with E-state index >= 15 is 0 Å². The zero-order valence-corrected chi connectivity index (χ0v) is 11.6. The first-order chi connectivity index (χ1) is 8.90. The third-order valence-corrected chi connectivity index (χ3v) is 3.37. The van der Waals surface area contributed by atoms with Crippen LogP contribution in [0.2, 0.25) is 0 Å². The summed E-state index contributed by atoms with van der Waals surface area (Å²) < 4.78 is 0. The molecule has 1 heterocycles. The van der Waals surface area contributed by atoms with E-state index in [2.05, 4.69) is 5.32 Å². The predicted octanol–water partition coefficient (Wildman–Crippen LogP) is 0.481. The first kappa shape index (κ1) is 13.5. The van der Waals surface area contributed by atoms with E-state index in [1.165, 1.54) is 0 Å². The van der Waals surface area contributed by atoms with Gasteiger partial charge in [0.05, 0.1) is 6.54 Å². The molecule has 1 unspecified atom stereocenters. The van der Waals surface area contributed by atoms with E-state index in [-0.39, 0.29) is 23.3 Å². The molecule has 6 heteroatoms. The first-order valence-electron chi connectivity index (χ1n) is 5.91. The zero-order valence-electron chi connectivity index (χ0n) is 10.8. The van der Waals surface area contributed by atoms with Crippen LogP contribution in [0.25, 0.3) is 0 Å². The highest BCUT2D eigenvalue weighted by atomic mass is 32.1. The number of anilines is 1. The number of hydrogen-bond acceptors (Lipinski definition) is 4. The number of aryl methyl sites for hydroxylation is 1. The van der Waals surface area contributed by atoms with Crippen molar-refractivity contribution in [1.29, 1.82) is 0 Å². The lowest BCUT2D eigenvalue weighted by atomic mass is 10.1. The highest BCUT2D eigenvalue weighted by Gasteiger charge is 2.31. The Balaban J connectivity index is 2.50. The molecule has 19 heavy (non-hydrogen) atoms. The number of hydrogen-bond donors (Lipinski definition) is 2. The smallest absolute Gasteiger partial charge is 0.249 e. The van der Waals surface area contributed by atoms with Crippen molar-refractivity contribution in [1.82, 2.24) is 5.32 Å². The number of thiocarbonyl (C=S) groups is 1. The van der Waals surface area contributed by atoms with Crippen molar-refractivity contribution >= 4 is 34.7 Å². The van der Waals surface area contributed by atoms with Gasteiger partial charge in [0.2, 0.25) is 11.8 Å². The molecule has 1 aliphatic rings. The molecule has 0 spiro atoms. The first-order valence-corrected chi connectivity index (χ1v) is 6.31. The summed E-state index contributed by atoms with van der Waals surface area (Å²) in [4.78, 5) is 25.2. The molecular weight excluding hydrogens is 262 g/mol. The fraction of sp³-hybridized carbons (Fsp3) is 0.308. The number of carbonyl (C=O) groups is 2. The summed E-state index contributed by atoms with van der Waals surface area (Å²) in [5.74, 6) is -0.634. The van der Waals surface area contributed by atoms with Gasteiger partial charge < -0.3 is 10.6 Å². The van der Waals surface area contributed by atoms with Crippen LogP contribution in [0.1, 0.15) is 18.1 Å². The predicted molar refractivity (Wildman–Crippen MR) is 77.0 cm³/mol. The van der Waals surface area contributed by atoms with Gasteiger partial charge in [-0.15, -0.1) is 0 Å². The van der Waals surface area contributed by atoms with Crippen molar-refractivity contribution in [2.24, 2.45) is 5.73 Å². The summed E-state index contributed by atoms with van der Waals surface area (Å²) in [6, 6.07) is 5.16. The van der Waals surface area contributed by atoms with E-state index < -0.39 is 6.04 Å². The van der Waals surface area contributed by atoms with E-state index in [1.807, 2.05) is 25.1 Å². The number of carbonyl (C=O) groups excluding carboxylic acids is 2. The van der Waals surface area contributed by atoms with Gasteiger partial charge in [0.25, 0.3) is 0 Å². The Morgan fingerprint density at radius 3 is 2.79 bits per heavy atom. The van der Waals surface area contributed by atoms with Crippen LogP contribution in [-0.4, -0.2) is 29.4 Å². The summed E-state index contributed by atoms with van der Waals surface area (Å²) in [6.07, 6.45) is 0. The summed E-state index contributed by atoms with van der Waals surface area (Å²) in [6.45, 7) is 3.79. The van der Waals surface area contributed by atoms with E-state index in [1.54, 1.807) is 11.8 Å². The van der Waals surface area contributed by atoms with Gasteiger partial charge in [-0.05, 0) is 31.5 Å². The second-order valence-corrected chi connectivity index (χ2v) is 5.04. The largest absolute Gasteiger partial charge is 0.389 e. The number of amides is 2. The molecule has 0 bridgehead atoms. The summed E-state index contributed by atoms with van der Waals surface area (Å²) in [5.41, 5.74) is 8.12. The number of piperazine rings is 1. The van der Waals surface area contributed by atoms with Crippen molar-refractivity contribution in [3.63, 3.8) is 0 Å². The molecular formula is C13H15N3O2S. The fourth-order valence-corrected chi connectivity index (χ4v) is 2.27. The Labute approximate surface area is 116 Å². The Morgan fingerprint density at radius 2 is 2.16 bits per heavy atom. The fourth-order valence-electron chi connectivity index (χ4n) is 2.10. The molecule has 100 valence electrons. The van der Waals surface area contributed by atoms with Gasteiger partial charge in [0, 0.05) is 11.3 Å². The highest BCUT2D eigenvalue weighted by molar-refractivity contribution is 7.80. The van der Waals surface area contributed by atoms with Gasteiger partial charge in [0.15, 0.2) is 0 Å². The highest BCUT2D eigenvalue weighted by Crippen LogP contribution is 2.25. The van der Waals surface area contributed by atoms with Gasteiger partial charge in [-0.2, -0.15) is 0 Å². The van der Waals surface area contributed by atoms with Crippen LogP contribution in [0.3, 0.4) is 0 Å². The summed E-state index contributed by atoms with van der Waals surface area (Å²) in [7, 11) is 0. The van der Waals surface area contributed by atoms with Crippen LogP contribution < -0.4 is 16.0 Å². The summed E-state index contributed by atoms with van der Waals surface area (Å²) >= 11 is 5.03. The van der Waals surface area contributed by atoms with Crippen LogP contribution in [0.5, 0.6) is 0 Å². The van der Waals surface area contributed by atoms with Crippen molar-refractivity contribution in [3.8, 4) is 0 Å². The van der Waals surface area contributed by atoms with Crippen LogP contribution in [0.4, 0.5) is 5.69 Å². The number of nitrogens with one attached hydrogen (secondary N) is 1. The minimum Gasteiger partial charge on any atom is -0.389 e. The molecule has 0 saturated carbocycles. The lowest BCUT2D eigenvalue weighted by Gasteiger charge is -2.34. The van der Waals surface area contributed by atoms with Crippen molar-refractivity contribution < 1.29 is 9.59 Å². The third kappa shape index (κ3) is 2.58. The molecule has 0 radical (unpaired) electrons. The Bertz CT molecular complexity index is 571. The van der Waals surface area contributed by atoms with Gasteiger partial charge >= 0.3 is 0 Å².